The van der Waals surface area contributed by atoms with Gasteiger partial charge in [-0.3, -0.25) is 14.6 Å². The molecule has 5 nitrogen and oxygen atoms in total. The molecule has 28 heavy (non-hydrogen) atoms. The monoisotopic (exact) mass is 391 g/mol. The molecule has 1 fully saturated rings. The Morgan fingerprint density at radius 1 is 1.18 bits per heavy atom. The summed E-state index contributed by atoms with van der Waals surface area (Å²) in [7, 11) is 0. The smallest absolute Gasteiger partial charge is 0.351 e. The Morgan fingerprint density at radius 3 is 2.61 bits per heavy atom. The number of benzene rings is 1. The predicted octanol–water partition coefficient (Wildman–Crippen LogP) is 2.95. The predicted molar refractivity (Wildman–Crippen MR) is 96.0 cm³/mol. The average Bonchev–Trinajstić information content (AvgIpc) is 2.99. The van der Waals surface area contributed by atoms with Gasteiger partial charge in [0.15, 0.2) is 0 Å². The van der Waals surface area contributed by atoms with Gasteiger partial charge in [-0.15, -0.1) is 0 Å². The van der Waals surface area contributed by atoms with Gasteiger partial charge in [0.2, 0.25) is 11.8 Å². The van der Waals surface area contributed by atoms with Crippen LogP contribution in [0, 0.1) is 0 Å². The molecule has 1 aromatic heterocycles. The fourth-order valence-corrected chi connectivity index (χ4v) is 3.27. The normalized spacial score (nSPS) is 17.0. The van der Waals surface area contributed by atoms with E-state index < -0.39 is 17.8 Å². The second-order valence-corrected chi connectivity index (χ2v) is 6.75. The number of hydrogen-bond acceptors (Lipinski definition) is 3. The molecular formula is C20H20F3N3O2. The van der Waals surface area contributed by atoms with Crippen molar-refractivity contribution in [1.29, 1.82) is 0 Å². The largest absolute Gasteiger partial charge is 0.416 e. The molecule has 2 heterocycles. The minimum Gasteiger partial charge on any atom is -0.351 e. The molecule has 3 rings (SSSR count). The maximum absolute atomic E-state index is 13.1. The van der Waals surface area contributed by atoms with E-state index in [1.807, 2.05) is 12.1 Å². The van der Waals surface area contributed by atoms with E-state index in [4.69, 9.17) is 0 Å². The zero-order valence-corrected chi connectivity index (χ0v) is 15.1. The van der Waals surface area contributed by atoms with Crippen LogP contribution in [-0.2, 0) is 28.7 Å². The van der Waals surface area contributed by atoms with Gasteiger partial charge in [-0.1, -0.05) is 18.2 Å². The summed E-state index contributed by atoms with van der Waals surface area (Å²) in [5.74, 6) is -0.455. The molecule has 2 aromatic rings. The average molecular weight is 391 g/mol. The summed E-state index contributed by atoms with van der Waals surface area (Å²) < 4.78 is 39.4. The van der Waals surface area contributed by atoms with Gasteiger partial charge in [-0.2, -0.15) is 13.2 Å². The maximum atomic E-state index is 13.1. The topological polar surface area (TPSA) is 62.3 Å². The maximum Gasteiger partial charge on any atom is 0.416 e. The molecule has 1 aliphatic rings. The zero-order chi connectivity index (χ0) is 20.1. The fraction of sp³-hybridized carbons (Fsp3) is 0.350. The fourth-order valence-electron chi connectivity index (χ4n) is 3.27. The second kappa shape index (κ2) is 8.41. The molecule has 1 atom stereocenters. The lowest BCUT2D eigenvalue weighted by Gasteiger charge is -2.20. The van der Waals surface area contributed by atoms with E-state index >= 15 is 0 Å². The van der Waals surface area contributed by atoms with Crippen molar-refractivity contribution in [3.05, 3.63) is 65.5 Å². The van der Waals surface area contributed by atoms with Crippen molar-refractivity contribution in [2.75, 3.05) is 6.54 Å². The van der Waals surface area contributed by atoms with Gasteiger partial charge in [0.25, 0.3) is 0 Å². The minimum atomic E-state index is -4.47. The lowest BCUT2D eigenvalue weighted by molar-refractivity contribution is -0.139. The van der Waals surface area contributed by atoms with Gasteiger partial charge in [0.1, 0.15) is 0 Å². The molecular weight excluding hydrogens is 371 g/mol. The van der Waals surface area contributed by atoms with Gasteiger partial charge in [-0.25, -0.2) is 0 Å². The van der Waals surface area contributed by atoms with Crippen LogP contribution < -0.4 is 5.32 Å². The van der Waals surface area contributed by atoms with Crippen molar-refractivity contribution >= 4 is 11.8 Å². The van der Waals surface area contributed by atoms with Crippen molar-refractivity contribution in [3.63, 3.8) is 0 Å². The first-order chi connectivity index (χ1) is 13.3. The van der Waals surface area contributed by atoms with Crippen LogP contribution >= 0.6 is 0 Å². The first-order valence-electron chi connectivity index (χ1n) is 8.94. The molecule has 1 unspecified atom stereocenters. The molecule has 148 valence electrons. The number of aromatic nitrogens is 1. The lowest BCUT2D eigenvalue weighted by Crippen LogP contribution is -2.37. The van der Waals surface area contributed by atoms with Crippen LogP contribution in [0.1, 0.15) is 29.5 Å². The summed E-state index contributed by atoms with van der Waals surface area (Å²) in [5, 5.41) is 2.80. The van der Waals surface area contributed by atoms with Gasteiger partial charge < -0.3 is 10.2 Å². The Morgan fingerprint density at radius 2 is 1.89 bits per heavy atom. The number of halogens is 3. The highest BCUT2D eigenvalue weighted by Crippen LogP contribution is 2.32. The Labute approximate surface area is 160 Å². The number of carbonyl (C=O) groups is 2. The van der Waals surface area contributed by atoms with E-state index in [2.05, 4.69) is 10.3 Å². The van der Waals surface area contributed by atoms with Crippen molar-refractivity contribution in [3.8, 4) is 0 Å². The van der Waals surface area contributed by atoms with Gasteiger partial charge >= 0.3 is 6.18 Å². The third-order valence-electron chi connectivity index (χ3n) is 4.65. The molecule has 8 heteroatoms. The third kappa shape index (κ3) is 5.09. The minimum absolute atomic E-state index is 0.0491. The number of nitrogens with one attached hydrogen (secondary N) is 1. The zero-order valence-electron chi connectivity index (χ0n) is 15.1. The van der Waals surface area contributed by atoms with E-state index in [0.717, 1.165) is 11.6 Å². The van der Waals surface area contributed by atoms with Crippen LogP contribution in [0.2, 0.25) is 0 Å². The molecule has 1 aliphatic heterocycles. The number of likely N-dealkylation sites (tertiary alicyclic amines) is 1. The Balaban J connectivity index is 1.55. The van der Waals surface area contributed by atoms with Crippen molar-refractivity contribution in [1.82, 2.24) is 15.2 Å². The van der Waals surface area contributed by atoms with Gasteiger partial charge in [0.05, 0.1) is 11.6 Å². The van der Waals surface area contributed by atoms with Crippen LogP contribution in [0.15, 0.2) is 48.8 Å². The van der Waals surface area contributed by atoms with Crippen molar-refractivity contribution in [2.45, 2.75) is 38.0 Å². The van der Waals surface area contributed by atoms with E-state index in [9.17, 15) is 22.8 Å². The third-order valence-corrected chi connectivity index (χ3v) is 4.65. The number of pyridine rings is 1. The second-order valence-electron chi connectivity index (χ2n) is 6.75. The van der Waals surface area contributed by atoms with Crippen LogP contribution in [0.4, 0.5) is 13.2 Å². The Hall–Kier alpha value is -2.90. The van der Waals surface area contributed by atoms with E-state index in [0.29, 0.717) is 6.42 Å². The van der Waals surface area contributed by atoms with Crippen LogP contribution in [0.3, 0.4) is 0 Å². The SMILES string of the molecule is O=C(CCc1ccncc1)NC1CC(=O)N(Cc2ccccc2C(F)(F)F)C1. The Bertz CT molecular complexity index is 840. The number of alkyl halides is 3. The van der Waals surface area contributed by atoms with Crippen molar-refractivity contribution in [2.24, 2.45) is 0 Å². The summed E-state index contributed by atoms with van der Waals surface area (Å²) in [6.07, 6.45) is -0.252. The summed E-state index contributed by atoms with van der Waals surface area (Å²) in [5.41, 5.74) is 0.290. The molecule has 0 saturated carbocycles. The number of aryl methyl sites for hydroxylation is 1. The van der Waals surface area contributed by atoms with Gasteiger partial charge in [-0.05, 0) is 35.7 Å². The highest BCUT2D eigenvalue weighted by molar-refractivity contribution is 5.82. The van der Waals surface area contributed by atoms with Crippen LogP contribution in [-0.4, -0.2) is 34.3 Å². The molecule has 0 aliphatic carbocycles. The Kier molecular flexibility index (Phi) is 5.96. The summed E-state index contributed by atoms with van der Waals surface area (Å²) in [4.78, 5) is 29.6. The number of carbonyl (C=O) groups excluding carboxylic acids is 2. The summed E-state index contributed by atoms with van der Waals surface area (Å²) in [6.45, 7) is 0.0733. The number of amides is 2. The van der Waals surface area contributed by atoms with Crippen LogP contribution in [0.5, 0.6) is 0 Å². The first kappa shape index (κ1) is 19.9. The van der Waals surface area contributed by atoms with E-state index in [1.54, 1.807) is 12.4 Å². The standard InChI is InChI=1S/C20H20F3N3O2/c21-20(22,23)17-4-2-1-3-15(17)12-26-13-16(11-19(26)28)25-18(27)6-5-14-7-9-24-10-8-14/h1-4,7-10,16H,5-6,11-13H2,(H,25,27). The van der Waals surface area contributed by atoms with Crippen LogP contribution in [0.25, 0.3) is 0 Å². The molecule has 1 aromatic carbocycles. The molecule has 0 spiro atoms. The summed E-state index contributed by atoms with van der Waals surface area (Å²) >= 11 is 0. The highest BCUT2D eigenvalue weighted by Gasteiger charge is 2.35. The molecule has 0 radical (unpaired) electrons. The van der Waals surface area contributed by atoms with Crippen molar-refractivity contribution < 1.29 is 22.8 Å². The number of nitrogens with zero attached hydrogens (tertiary/aromatic N) is 2. The molecule has 0 bridgehead atoms. The lowest BCUT2D eigenvalue weighted by atomic mass is 10.1. The quantitative estimate of drug-likeness (QED) is 0.824. The number of rotatable bonds is 6. The molecule has 2 amide bonds. The van der Waals surface area contributed by atoms with Gasteiger partial charge in [0, 0.05) is 38.3 Å². The molecule has 1 N–H and O–H groups in total. The van der Waals surface area contributed by atoms with E-state index in [1.165, 1.54) is 23.1 Å². The molecule has 1 saturated heterocycles. The first-order valence-corrected chi connectivity index (χ1v) is 8.94. The number of hydrogen-bond donors (Lipinski definition) is 1. The van der Waals surface area contributed by atoms with E-state index in [-0.39, 0.29) is 43.3 Å². The summed E-state index contributed by atoms with van der Waals surface area (Å²) in [6, 6.07) is 8.48. The highest BCUT2D eigenvalue weighted by atomic mass is 19.4.